The van der Waals surface area contributed by atoms with Crippen LogP contribution in [-0.4, -0.2) is 25.0 Å². The standard InChI is InChI=1S/C8H12NO6P.2H3N/c1-5-8(11)7(3-10)6(2-9-5)4-15-16(12,13)14;;/h2,10-11H,3-4H2,1H3,(H2,12,13,14);2*1H3. The molecule has 0 saturated carbocycles. The summed E-state index contributed by atoms with van der Waals surface area (Å²) >= 11 is 0. The average molecular weight is 283 g/mol. The number of phosphoric acid groups is 1. The van der Waals surface area contributed by atoms with E-state index in [1.54, 1.807) is 6.92 Å². The lowest BCUT2D eigenvalue weighted by Crippen LogP contribution is -2.00. The van der Waals surface area contributed by atoms with Crippen molar-refractivity contribution in [3.05, 3.63) is 23.0 Å². The van der Waals surface area contributed by atoms with Crippen LogP contribution in [-0.2, 0) is 22.3 Å². The van der Waals surface area contributed by atoms with Gasteiger partial charge in [-0.3, -0.25) is 9.51 Å². The summed E-state index contributed by atoms with van der Waals surface area (Å²) in [6.07, 6.45) is 1.29. The summed E-state index contributed by atoms with van der Waals surface area (Å²) in [7, 11) is -4.58. The lowest BCUT2D eigenvalue weighted by atomic mass is 10.1. The van der Waals surface area contributed by atoms with Crippen molar-refractivity contribution in [1.29, 1.82) is 0 Å². The van der Waals surface area contributed by atoms with Crippen molar-refractivity contribution in [1.82, 2.24) is 17.3 Å². The van der Waals surface area contributed by atoms with Gasteiger partial charge in [0.1, 0.15) is 5.75 Å². The molecule has 1 aromatic rings. The molecule has 0 amide bonds. The molecule has 106 valence electrons. The summed E-state index contributed by atoms with van der Waals surface area (Å²) in [4.78, 5) is 20.8. The van der Waals surface area contributed by atoms with Gasteiger partial charge in [0.2, 0.25) is 0 Å². The molecule has 0 aliphatic carbocycles. The Bertz CT molecular complexity index is 435. The van der Waals surface area contributed by atoms with Crippen LogP contribution in [0, 0.1) is 6.92 Å². The molecule has 0 aliphatic heterocycles. The van der Waals surface area contributed by atoms with E-state index in [1.807, 2.05) is 0 Å². The van der Waals surface area contributed by atoms with Gasteiger partial charge in [-0.2, -0.15) is 0 Å². The summed E-state index contributed by atoms with van der Waals surface area (Å²) in [5.41, 5.74) is 0.707. The number of aromatic hydroxyl groups is 1. The SMILES string of the molecule is Cc1ncc(COP(=O)(O)O)c(CO)c1O.N.N. The van der Waals surface area contributed by atoms with Crippen LogP contribution in [0.5, 0.6) is 5.75 Å². The van der Waals surface area contributed by atoms with Gasteiger partial charge in [-0.1, -0.05) is 0 Å². The number of rotatable bonds is 4. The van der Waals surface area contributed by atoms with E-state index < -0.39 is 21.0 Å². The van der Waals surface area contributed by atoms with Crippen molar-refractivity contribution in [3.8, 4) is 5.75 Å². The number of aryl methyl sites for hydroxylation is 1. The summed E-state index contributed by atoms with van der Waals surface area (Å²) in [5.74, 6) is -0.200. The van der Waals surface area contributed by atoms with Crippen LogP contribution in [0.4, 0.5) is 0 Å². The first-order valence-electron chi connectivity index (χ1n) is 4.32. The maximum atomic E-state index is 10.5. The van der Waals surface area contributed by atoms with E-state index >= 15 is 0 Å². The van der Waals surface area contributed by atoms with Gasteiger partial charge in [0.25, 0.3) is 0 Å². The van der Waals surface area contributed by atoms with Crippen LogP contribution < -0.4 is 12.3 Å². The molecule has 1 rings (SSSR count). The van der Waals surface area contributed by atoms with Crippen LogP contribution in [0.3, 0.4) is 0 Å². The van der Waals surface area contributed by atoms with E-state index in [2.05, 4.69) is 9.51 Å². The highest BCUT2D eigenvalue weighted by Crippen LogP contribution is 2.37. The molecule has 9 nitrogen and oxygen atoms in total. The zero-order valence-electron chi connectivity index (χ0n) is 9.91. The highest BCUT2D eigenvalue weighted by atomic mass is 31.2. The molecule has 0 bridgehead atoms. The summed E-state index contributed by atoms with van der Waals surface area (Å²) in [5, 5.41) is 18.6. The predicted octanol–water partition coefficient (Wildman–Crippen LogP) is 0.521. The second-order valence-corrected chi connectivity index (χ2v) is 4.36. The average Bonchev–Trinajstić information content (AvgIpc) is 2.18. The molecule has 0 aromatic carbocycles. The van der Waals surface area contributed by atoms with Gasteiger partial charge >= 0.3 is 7.82 Å². The Labute approximate surface area is 104 Å². The molecule has 1 heterocycles. The Morgan fingerprint density at radius 3 is 2.39 bits per heavy atom. The Morgan fingerprint density at radius 2 is 1.94 bits per heavy atom. The number of phosphoric ester groups is 1. The largest absolute Gasteiger partial charge is 0.506 e. The molecular formula is C8H18N3O6P. The normalized spacial score (nSPS) is 10.4. The lowest BCUT2D eigenvalue weighted by molar-refractivity contribution is 0.186. The molecule has 0 radical (unpaired) electrons. The van der Waals surface area contributed by atoms with Crippen LogP contribution >= 0.6 is 7.82 Å². The molecule has 1 aromatic heterocycles. The Morgan fingerprint density at radius 1 is 1.39 bits per heavy atom. The third-order valence-corrected chi connectivity index (χ3v) is 2.44. The van der Waals surface area contributed by atoms with Crippen LogP contribution in [0.25, 0.3) is 0 Å². The monoisotopic (exact) mass is 283 g/mol. The molecule has 0 fully saturated rings. The number of nitrogens with zero attached hydrogens (tertiary/aromatic N) is 1. The van der Waals surface area contributed by atoms with E-state index in [4.69, 9.17) is 14.9 Å². The highest BCUT2D eigenvalue weighted by molar-refractivity contribution is 7.46. The molecule has 18 heavy (non-hydrogen) atoms. The third-order valence-electron chi connectivity index (χ3n) is 1.98. The molecule has 0 unspecified atom stereocenters. The van der Waals surface area contributed by atoms with E-state index in [-0.39, 0.29) is 29.2 Å². The van der Waals surface area contributed by atoms with Gasteiger partial charge < -0.3 is 32.3 Å². The Balaban J connectivity index is 0. The number of hydrogen-bond acceptors (Lipinski definition) is 7. The summed E-state index contributed by atoms with van der Waals surface area (Å²) in [6.45, 7) is 0.651. The fourth-order valence-electron chi connectivity index (χ4n) is 1.14. The zero-order valence-corrected chi connectivity index (χ0v) is 10.8. The van der Waals surface area contributed by atoms with Crippen molar-refractivity contribution in [2.24, 2.45) is 0 Å². The van der Waals surface area contributed by atoms with Crippen molar-refractivity contribution >= 4 is 7.82 Å². The van der Waals surface area contributed by atoms with E-state index in [0.29, 0.717) is 5.69 Å². The second kappa shape index (κ2) is 7.39. The molecule has 0 aliphatic rings. The van der Waals surface area contributed by atoms with E-state index in [9.17, 15) is 9.67 Å². The fraction of sp³-hybridized carbons (Fsp3) is 0.375. The molecular weight excluding hydrogens is 265 g/mol. The number of aliphatic hydroxyl groups is 1. The van der Waals surface area contributed by atoms with Crippen molar-refractivity contribution in [2.45, 2.75) is 20.1 Å². The van der Waals surface area contributed by atoms with E-state index in [1.165, 1.54) is 6.20 Å². The van der Waals surface area contributed by atoms with Gasteiger partial charge in [0, 0.05) is 17.3 Å². The maximum Gasteiger partial charge on any atom is 0.469 e. The minimum Gasteiger partial charge on any atom is -0.506 e. The molecule has 10 N–H and O–H groups in total. The number of aliphatic hydroxyl groups excluding tert-OH is 1. The van der Waals surface area contributed by atoms with Crippen LogP contribution in [0.2, 0.25) is 0 Å². The maximum absolute atomic E-state index is 10.5. The molecule has 0 saturated heterocycles. The smallest absolute Gasteiger partial charge is 0.469 e. The first-order chi connectivity index (χ1) is 7.35. The third kappa shape index (κ3) is 5.07. The number of hydrogen-bond donors (Lipinski definition) is 6. The second-order valence-electron chi connectivity index (χ2n) is 3.12. The van der Waals surface area contributed by atoms with Crippen molar-refractivity contribution in [3.63, 3.8) is 0 Å². The topological polar surface area (TPSA) is 190 Å². The van der Waals surface area contributed by atoms with Gasteiger partial charge in [-0.05, 0) is 6.92 Å². The summed E-state index contributed by atoms with van der Waals surface area (Å²) in [6, 6.07) is 0. The number of pyridine rings is 1. The number of aromatic nitrogens is 1. The fourth-order valence-corrected chi connectivity index (χ4v) is 1.45. The van der Waals surface area contributed by atoms with Gasteiger partial charge in [-0.25, -0.2) is 4.57 Å². The van der Waals surface area contributed by atoms with Crippen LogP contribution in [0.1, 0.15) is 16.8 Å². The van der Waals surface area contributed by atoms with E-state index in [0.717, 1.165) is 0 Å². The highest BCUT2D eigenvalue weighted by Gasteiger charge is 2.17. The molecule has 0 spiro atoms. The first-order valence-corrected chi connectivity index (χ1v) is 5.85. The minimum absolute atomic E-state index is 0. The lowest BCUT2D eigenvalue weighted by Gasteiger charge is -2.11. The molecule has 10 heteroatoms. The Hall–Kier alpha value is -1.06. The first kappa shape index (κ1) is 19.3. The van der Waals surface area contributed by atoms with Crippen LogP contribution in [0.15, 0.2) is 6.20 Å². The van der Waals surface area contributed by atoms with Gasteiger partial charge in [-0.15, -0.1) is 0 Å². The van der Waals surface area contributed by atoms with Crippen molar-refractivity contribution < 1.29 is 29.1 Å². The van der Waals surface area contributed by atoms with Crippen molar-refractivity contribution in [2.75, 3.05) is 0 Å². The Kier molecular flexibility index (Phi) is 7.92. The van der Waals surface area contributed by atoms with Gasteiger partial charge in [0.05, 0.1) is 18.9 Å². The predicted molar refractivity (Wildman–Crippen MR) is 63.4 cm³/mol. The van der Waals surface area contributed by atoms with Gasteiger partial charge in [0.15, 0.2) is 0 Å². The summed E-state index contributed by atoms with van der Waals surface area (Å²) < 4.78 is 14.7. The molecule has 0 atom stereocenters. The minimum atomic E-state index is -4.58. The zero-order chi connectivity index (χ0) is 12.3. The quantitative estimate of drug-likeness (QED) is 0.427.